The molecule has 0 fully saturated rings. The van der Waals surface area contributed by atoms with Crippen LogP contribution in [0, 0.1) is 0 Å². The Balaban J connectivity index is 1.69. The molecule has 1 N–H and O–H groups in total. The van der Waals surface area contributed by atoms with Crippen molar-refractivity contribution in [3.63, 3.8) is 0 Å². The number of nitrogens with zero attached hydrogens (tertiary/aromatic N) is 4. The number of amides is 1. The number of carbonyl (C=O) groups is 1. The van der Waals surface area contributed by atoms with Crippen molar-refractivity contribution in [2.75, 3.05) is 5.32 Å². The Morgan fingerprint density at radius 2 is 2.00 bits per heavy atom. The van der Waals surface area contributed by atoms with Gasteiger partial charge in [-0.15, -0.1) is 0 Å². The summed E-state index contributed by atoms with van der Waals surface area (Å²) in [5, 5.41) is 3.35. The van der Waals surface area contributed by atoms with Gasteiger partial charge in [-0.25, -0.2) is 4.98 Å². The standard InChI is InChI=1S/C20H16ClN5O2S/c1-2-15-24-18-17(14-5-3-4-10-22-14)25-29-19(18)20(28)26(15)11-16(27)23-13-8-6-12(21)7-9-13/h3-10H,2,11H2,1H3,(H,23,27). The lowest BCUT2D eigenvalue weighted by Gasteiger charge is -2.11. The molecule has 0 aliphatic heterocycles. The van der Waals surface area contributed by atoms with Crippen molar-refractivity contribution < 1.29 is 4.79 Å². The molecule has 3 heterocycles. The zero-order chi connectivity index (χ0) is 20.4. The fourth-order valence-electron chi connectivity index (χ4n) is 2.94. The van der Waals surface area contributed by atoms with Gasteiger partial charge in [-0.05, 0) is 47.9 Å². The van der Waals surface area contributed by atoms with E-state index in [0.29, 0.717) is 44.6 Å². The van der Waals surface area contributed by atoms with Gasteiger partial charge < -0.3 is 5.32 Å². The van der Waals surface area contributed by atoms with E-state index in [2.05, 4.69) is 19.7 Å². The van der Waals surface area contributed by atoms with Crippen molar-refractivity contribution in [2.45, 2.75) is 19.9 Å². The molecule has 29 heavy (non-hydrogen) atoms. The lowest BCUT2D eigenvalue weighted by molar-refractivity contribution is -0.116. The zero-order valence-corrected chi connectivity index (χ0v) is 17.0. The molecule has 1 aromatic carbocycles. The second kappa shape index (κ2) is 8.10. The molecular weight excluding hydrogens is 410 g/mol. The quantitative estimate of drug-likeness (QED) is 0.525. The second-order valence-corrected chi connectivity index (χ2v) is 7.46. The minimum atomic E-state index is -0.320. The molecule has 1 amide bonds. The summed E-state index contributed by atoms with van der Waals surface area (Å²) in [6, 6.07) is 12.3. The van der Waals surface area contributed by atoms with E-state index in [1.54, 1.807) is 30.5 Å². The van der Waals surface area contributed by atoms with Crippen LogP contribution in [0.3, 0.4) is 0 Å². The first kappa shape index (κ1) is 19.2. The molecule has 3 aromatic heterocycles. The molecule has 4 rings (SSSR count). The molecule has 7 nitrogen and oxygen atoms in total. The van der Waals surface area contributed by atoms with Crippen molar-refractivity contribution in [1.82, 2.24) is 18.9 Å². The Labute approximate surface area is 175 Å². The maximum atomic E-state index is 13.1. The lowest BCUT2D eigenvalue weighted by Crippen LogP contribution is -2.30. The van der Waals surface area contributed by atoms with Gasteiger partial charge >= 0.3 is 0 Å². The monoisotopic (exact) mass is 425 g/mol. The fourth-order valence-corrected chi connectivity index (χ4v) is 3.85. The van der Waals surface area contributed by atoms with Gasteiger partial charge in [-0.1, -0.05) is 24.6 Å². The third-order valence-electron chi connectivity index (χ3n) is 4.31. The van der Waals surface area contributed by atoms with Gasteiger partial charge in [0.25, 0.3) is 5.56 Å². The van der Waals surface area contributed by atoms with Crippen molar-refractivity contribution >= 4 is 44.9 Å². The molecular formula is C20H16ClN5O2S. The van der Waals surface area contributed by atoms with Crippen LogP contribution in [-0.2, 0) is 17.8 Å². The molecule has 0 aliphatic carbocycles. The van der Waals surface area contributed by atoms with Crippen LogP contribution in [0.1, 0.15) is 12.7 Å². The Morgan fingerprint density at radius 1 is 1.21 bits per heavy atom. The highest BCUT2D eigenvalue weighted by molar-refractivity contribution is 7.13. The first-order chi connectivity index (χ1) is 14.1. The number of pyridine rings is 1. The molecule has 0 aliphatic rings. The van der Waals surface area contributed by atoms with Crippen LogP contribution in [0.25, 0.3) is 21.6 Å². The van der Waals surface area contributed by atoms with E-state index in [4.69, 9.17) is 11.6 Å². The summed E-state index contributed by atoms with van der Waals surface area (Å²) in [5.41, 5.74) is 2.08. The van der Waals surface area contributed by atoms with Gasteiger partial charge in [0.1, 0.15) is 28.3 Å². The summed E-state index contributed by atoms with van der Waals surface area (Å²) in [5.74, 6) is 0.200. The van der Waals surface area contributed by atoms with Crippen LogP contribution >= 0.6 is 23.1 Å². The summed E-state index contributed by atoms with van der Waals surface area (Å²) >= 11 is 6.93. The predicted octanol–water partition coefficient (Wildman–Crippen LogP) is 3.77. The van der Waals surface area contributed by atoms with Crippen LogP contribution < -0.4 is 10.9 Å². The Kier molecular flexibility index (Phi) is 5.37. The Morgan fingerprint density at radius 3 is 2.69 bits per heavy atom. The summed E-state index contributed by atoms with van der Waals surface area (Å²) in [6.07, 6.45) is 2.17. The smallest absolute Gasteiger partial charge is 0.273 e. The molecule has 9 heteroatoms. The van der Waals surface area contributed by atoms with E-state index in [1.807, 2.05) is 25.1 Å². The third-order valence-corrected chi connectivity index (χ3v) is 5.39. The van der Waals surface area contributed by atoms with E-state index in [0.717, 1.165) is 11.5 Å². The second-order valence-electron chi connectivity index (χ2n) is 6.25. The van der Waals surface area contributed by atoms with Gasteiger partial charge in [-0.3, -0.25) is 19.1 Å². The molecule has 0 radical (unpaired) electrons. The van der Waals surface area contributed by atoms with Gasteiger partial charge in [0.15, 0.2) is 0 Å². The molecule has 0 saturated heterocycles. The summed E-state index contributed by atoms with van der Waals surface area (Å²) in [6.45, 7) is 1.76. The average Bonchev–Trinajstić information content (AvgIpc) is 3.16. The number of rotatable bonds is 5. The number of aryl methyl sites for hydroxylation is 1. The number of halogens is 1. The van der Waals surface area contributed by atoms with Gasteiger partial charge in [0, 0.05) is 23.3 Å². The summed E-state index contributed by atoms with van der Waals surface area (Å²) < 4.78 is 6.19. The highest BCUT2D eigenvalue weighted by atomic mass is 35.5. The molecule has 0 spiro atoms. The van der Waals surface area contributed by atoms with E-state index < -0.39 is 0 Å². The molecule has 0 atom stereocenters. The van der Waals surface area contributed by atoms with E-state index >= 15 is 0 Å². The molecule has 146 valence electrons. The Bertz CT molecular complexity index is 1240. The van der Waals surface area contributed by atoms with Crippen LogP contribution in [0.5, 0.6) is 0 Å². The average molecular weight is 426 g/mol. The van der Waals surface area contributed by atoms with Crippen molar-refractivity contribution in [3.05, 3.63) is 69.9 Å². The third kappa shape index (κ3) is 3.90. The van der Waals surface area contributed by atoms with Gasteiger partial charge in [-0.2, -0.15) is 4.37 Å². The normalized spacial score (nSPS) is 11.0. The topological polar surface area (TPSA) is 89.8 Å². The summed E-state index contributed by atoms with van der Waals surface area (Å²) in [4.78, 5) is 34.5. The van der Waals surface area contributed by atoms with E-state index in [1.165, 1.54) is 4.57 Å². The van der Waals surface area contributed by atoms with E-state index in [-0.39, 0.29) is 18.0 Å². The van der Waals surface area contributed by atoms with Crippen LogP contribution in [0.15, 0.2) is 53.5 Å². The highest BCUT2D eigenvalue weighted by Crippen LogP contribution is 2.26. The lowest BCUT2D eigenvalue weighted by atomic mass is 10.2. The van der Waals surface area contributed by atoms with Crippen LogP contribution in [-0.4, -0.2) is 24.8 Å². The number of carbonyl (C=O) groups excluding carboxylic acids is 1. The summed E-state index contributed by atoms with van der Waals surface area (Å²) in [7, 11) is 0. The largest absolute Gasteiger partial charge is 0.325 e. The number of nitrogens with one attached hydrogen (secondary N) is 1. The SMILES string of the molecule is CCc1nc2c(-c3ccccn3)nsc2c(=O)n1CC(=O)Nc1ccc(Cl)cc1. The number of benzene rings is 1. The molecule has 0 unspecified atom stereocenters. The maximum Gasteiger partial charge on any atom is 0.273 e. The predicted molar refractivity (Wildman–Crippen MR) is 114 cm³/mol. The van der Waals surface area contributed by atoms with Gasteiger partial charge in [0.2, 0.25) is 5.91 Å². The number of hydrogen-bond acceptors (Lipinski definition) is 6. The fraction of sp³-hybridized carbons (Fsp3) is 0.150. The number of fused-ring (bicyclic) bond motifs is 1. The van der Waals surface area contributed by atoms with Crippen molar-refractivity contribution in [2.24, 2.45) is 0 Å². The molecule has 0 saturated carbocycles. The number of hydrogen-bond donors (Lipinski definition) is 1. The van der Waals surface area contributed by atoms with Crippen LogP contribution in [0.4, 0.5) is 5.69 Å². The zero-order valence-electron chi connectivity index (χ0n) is 15.4. The first-order valence-corrected chi connectivity index (χ1v) is 10.1. The van der Waals surface area contributed by atoms with Crippen molar-refractivity contribution in [3.8, 4) is 11.4 Å². The minimum absolute atomic E-state index is 0.135. The Hall–Kier alpha value is -3.10. The molecule has 4 aromatic rings. The minimum Gasteiger partial charge on any atom is -0.325 e. The highest BCUT2D eigenvalue weighted by Gasteiger charge is 2.19. The molecule has 0 bridgehead atoms. The van der Waals surface area contributed by atoms with E-state index in [9.17, 15) is 9.59 Å². The van der Waals surface area contributed by atoms with Crippen molar-refractivity contribution in [1.29, 1.82) is 0 Å². The number of aromatic nitrogens is 4. The van der Waals surface area contributed by atoms with Gasteiger partial charge in [0.05, 0.1) is 5.69 Å². The maximum absolute atomic E-state index is 13.1. The first-order valence-electron chi connectivity index (χ1n) is 8.92. The van der Waals surface area contributed by atoms with Crippen LogP contribution in [0.2, 0.25) is 5.02 Å². The number of anilines is 1.